The number of alkyl halides is 2. The Labute approximate surface area is 138 Å². The van der Waals surface area contributed by atoms with Crippen LogP contribution in [0.15, 0.2) is 36.5 Å². The Hall–Kier alpha value is -2.22. The lowest BCUT2D eigenvalue weighted by Crippen LogP contribution is -2.31. The number of nitrogens with zero attached hydrogens (tertiary/aromatic N) is 3. The molecule has 2 aromatic rings. The first kappa shape index (κ1) is 17.1. The van der Waals surface area contributed by atoms with Crippen LogP contribution in [-0.4, -0.2) is 33.5 Å². The largest absolute Gasteiger partial charge is 0.433 e. The van der Waals surface area contributed by atoms with Gasteiger partial charge in [-0.25, -0.2) is 0 Å². The van der Waals surface area contributed by atoms with Gasteiger partial charge in [0.25, 0.3) is 0 Å². The molecule has 0 saturated heterocycles. The molecule has 0 atom stereocenters. The van der Waals surface area contributed by atoms with E-state index in [0.29, 0.717) is 17.3 Å². The SMILES string of the molecule is CCn1nccc1CN(C)C(=S)Nc1ccccc1OC(F)F. The Morgan fingerprint density at radius 2 is 2.13 bits per heavy atom. The van der Waals surface area contributed by atoms with Crippen LogP contribution in [0.3, 0.4) is 0 Å². The summed E-state index contributed by atoms with van der Waals surface area (Å²) in [5.41, 5.74) is 1.41. The number of benzene rings is 1. The van der Waals surface area contributed by atoms with Crippen LogP contribution in [0.5, 0.6) is 5.75 Å². The monoisotopic (exact) mass is 340 g/mol. The second-order valence-corrected chi connectivity index (χ2v) is 5.19. The minimum absolute atomic E-state index is 0.0526. The van der Waals surface area contributed by atoms with E-state index in [0.717, 1.165) is 12.2 Å². The first-order chi connectivity index (χ1) is 11.0. The first-order valence-corrected chi connectivity index (χ1v) is 7.48. The highest BCUT2D eigenvalue weighted by atomic mass is 32.1. The molecule has 0 spiro atoms. The third kappa shape index (κ3) is 4.62. The number of hydrogen-bond acceptors (Lipinski definition) is 3. The van der Waals surface area contributed by atoms with Crippen molar-refractivity contribution in [1.82, 2.24) is 14.7 Å². The molecule has 23 heavy (non-hydrogen) atoms. The van der Waals surface area contributed by atoms with Crippen molar-refractivity contribution in [2.75, 3.05) is 12.4 Å². The highest BCUT2D eigenvalue weighted by Crippen LogP contribution is 2.25. The van der Waals surface area contributed by atoms with Gasteiger partial charge in [0.2, 0.25) is 0 Å². The summed E-state index contributed by atoms with van der Waals surface area (Å²) in [7, 11) is 1.82. The summed E-state index contributed by atoms with van der Waals surface area (Å²) in [5.74, 6) is 0.0526. The molecule has 1 heterocycles. The third-order valence-electron chi connectivity index (χ3n) is 3.19. The topological polar surface area (TPSA) is 42.3 Å². The second kappa shape index (κ2) is 7.87. The quantitative estimate of drug-likeness (QED) is 0.817. The van der Waals surface area contributed by atoms with Crippen molar-refractivity contribution in [3.63, 3.8) is 0 Å². The number of nitrogens with one attached hydrogen (secondary N) is 1. The Morgan fingerprint density at radius 3 is 2.83 bits per heavy atom. The summed E-state index contributed by atoms with van der Waals surface area (Å²) in [6, 6.07) is 8.35. The molecule has 0 aliphatic carbocycles. The summed E-state index contributed by atoms with van der Waals surface area (Å²) < 4.78 is 31.2. The number of rotatable bonds is 6. The molecule has 1 aromatic carbocycles. The van der Waals surface area contributed by atoms with Gasteiger partial charge in [0, 0.05) is 19.8 Å². The number of thiocarbonyl (C=S) groups is 1. The molecule has 124 valence electrons. The van der Waals surface area contributed by atoms with Gasteiger partial charge in [-0.2, -0.15) is 13.9 Å². The first-order valence-electron chi connectivity index (χ1n) is 7.08. The van der Waals surface area contributed by atoms with Gasteiger partial charge in [-0.15, -0.1) is 0 Å². The van der Waals surface area contributed by atoms with Gasteiger partial charge in [-0.1, -0.05) is 12.1 Å². The van der Waals surface area contributed by atoms with Gasteiger partial charge in [-0.05, 0) is 37.3 Å². The molecule has 0 fully saturated rings. The van der Waals surface area contributed by atoms with Crippen molar-refractivity contribution in [1.29, 1.82) is 0 Å². The zero-order valence-electron chi connectivity index (χ0n) is 12.9. The molecule has 0 aliphatic rings. The van der Waals surface area contributed by atoms with E-state index in [1.165, 1.54) is 6.07 Å². The highest BCUT2D eigenvalue weighted by Gasteiger charge is 2.13. The molecule has 0 aliphatic heterocycles. The molecule has 0 saturated carbocycles. The van der Waals surface area contributed by atoms with Crippen LogP contribution < -0.4 is 10.1 Å². The van der Waals surface area contributed by atoms with Crippen molar-refractivity contribution in [2.45, 2.75) is 26.6 Å². The van der Waals surface area contributed by atoms with Crippen LogP contribution in [0, 0.1) is 0 Å². The van der Waals surface area contributed by atoms with Gasteiger partial charge in [-0.3, -0.25) is 4.68 Å². The van der Waals surface area contributed by atoms with Gasteiger partial charge in [0.05, 0.1) is 17.9 Å². The Bertz CT molecular complexity index is 662. The predicted molar refractivity (Wildman–Crippen MR) is 88.7 cm³/mol. The normalized spacial score (nSPS) is 10.7. The molecule has 8 heteroatoms. The molecule has 1 N–H and O–H groups in total. The number of anilines is 1. The van der Waals surface area contributed by atoms with E-state index in [1.54, 1.807) is 29.3 Å². The van der Waals surface area contributed by atoms with E-state index in [4.69, 9.17) is 12.2 Å². The number of halogens is 2. The maximum Gasteiger partial charge on any atom is 0.387 e. The number of hydrogen-bond donors (Lipinski definition) is 1. The van der Waals surface area contributed by atoms with Gasteiger partial charge < -0.3 is 15.0 Å². The number of ether oxygens (including phenoxy) is 1. The molecule has 0 amide bonds. The molecule has 0 radical (unpaired) electrons. The molecule has 0 bridgehead atoms. The van der Waals surface area contributed by atoms with Crippen molar-refractivity contribution >= 4 is 23.0 Å². The van der Waals surface area contributed by atoms with Crippen LogP contribution in [0.4, 0.5) is 14.5 Å². The summed E-state index contributed by atoms with van der Waals surface area (Å²) >= 11 is 5.33. The zero-order chi connectivity index (χ0) is 16.8. The van der Waals surface area contributed by atoms with Crippen LogP contribution in [0.25, 0.3) is 0 Å². The average molecular weight is 340 g/mol. The summed E-state index contributed by atoms with van der Waals surface area (Å²) in [5, 5.41) is 7.54. The predicted octanol–water partition coefficient (Wildman–Crippen LogP) is 3.33. The van der Waals surface area contributed by atoms with E-state index in [1.807, 2.05) is 24.7 Å². The van der Waals surface area contributed by atoms with E-state index < -0.39 is 6.61 Å². The van der Waals surface area contributed by atoms with E-state index in [-0.39, 0.29) is 5.75 Å². The van der Waals surface area contributed by atoms with E-state index in [9.17, 15) is 8.78 Å². The van der Waals surface area contributed by atoms with Crippen LogP contribution in [0.2, 0.25) is 0 Å². The van der Waals surface area contributed by atoms with Gasteiger partial charge in [0.1, 0.15) is 5.75 Å². The lowest BCUT2D eigenvalue weighted by atomic mass is 10.3. The Kier molecular flexibility index (Phi) is 5.86. The lowest BCUT2D eigenvalue weighted by molar-refractivity contribution is -0.0493. The van der Waals surface area contributed by atoms with Crippen molar-refractivity contribution in [3.8, 4) is 5.75 Å². The van der Waals surface area contributed by atoms with Gasteiger partial charge in [0.15, 0.2) is 5.11 Å². The fraction of sp³-hybridized carbons (Fsp3) is 0.333. The number of para-hydroxylation sites is 2. The fourth-order valence-electron chi connectivity index (χ4n) is 2.07. The molecule has 5 nitrogen and oxygen atoms in total. The zero-order valence-corrected chi connectivity index (χ0v) is 13.7. The smallest absolute Gasteiger partial charge is 0.387 e. The van der Waals surface area contributed by atoms with Crippen LogP contribution >= 0.6 is 12.2 Å². The maximum atomic E-state index is 12.4. The molecular weight excluding hydrogens is 322 g/mol. The third-order valence-corrected chi connectivity index (χ3v) is 3.61. The number of aromatic nitrogens is 2. The molecular formula is C15H18F2N4OS. The van der Waals surface area contributed by atoms with E-state index in [2.05, 4.69) is 15.2 Å². The Balaban J connectivity index is 2.04. The van der Waals surface area contributed by atoms with Crippen molar-refractivity contribution in [2.24, 2.45) is 0 Å². The highest BCUT2D eigenvalue weighted by molar-refractivity contribution is 7.80. The summed E-state index contributed by atoms with van der Waals surface area (Å²) in [6.45, 7) is 0.437. The summed E-state index contributed by atoms with van der Waals surface area (Å²) in [6.07, 6.45) is 1.73. The second-order valence-electron chi connectivity index (χ2n) is 4.80. The van der Waals surface area contributed by atoms with Crippen molar-refractivity contribution < 1.29 is 13.5 Å². The van der Waals surface area contributed by atoms with Crippen LogP contribution in [0.1, 0.15) is 12.6 Å². The minimum atomic E-state index is -2.89. The molecule has 1 aromatic heterocycles. The standard InChI is InChI=1S/C15H18F2N4OS/c1-3-21-11(8-9-18-21)10-20(2)15(23)19-12-6-4-5-7-13(12)22-14(16)17/h4-9,14H,3,10H2,1-2H3,(H,19,23). The molecule has 2 rings (SSSR count). The van der Waals surface area contributed by atoms with Crippen molar-refractivity contribution in [3.05, 3.63) is 42.2 Å². The van der Waals surface area contributed by atoms with Crippen LogP contribution in [-0.2, 0) is 13.1 Å². The average Bonchev–Trinajstić information content (AvgIpc) is 2.95. The van der Waals surface area contributed by atoms with Gasteiger partial charge >= 0.3 is 6.61 Å². The molecule has 0 unspecified atom stereocenters. The number of aryl methyl sites for hydroxylation is 1. The Morgan fingerprint density at radius 1 is 1.39 bits per heavy atom. The fourth-order valence-corrected chi connectivity index (χ4v) is 2.25. The lowest BCUT2D eigenvalue weighted by Gasteiger charge is -2.22. The van der Waals surface area contributed by atoms with E-state index >= 15 is 0 Å². The summed E-state index contributed by atoms with van der Waals surface area (Å²) in [4.78, 5) is 1.80. The minimum Gasteiger partial charge on any atom is -0.433 e. The maximum absolute atomic E-state index is 12.4.